The predicted octanol–water partition coefficient (Wildman–Crippen LogP) is 1.08. The van der Waals surface area contributed by atoms with Crippen molar-refractivity contribution in [2.75, 3.05) is 46.7 Å². The molecule has 0 saturated carbocycles. The molecule has 2 saturated heterocycles. The lowest BCUT2D eigenvalue weighted by molar-refractivity contribution is -0.145. The number of hydrogen-bond donors (Lipinski definition) is 0. The highest BCUT2D eigenvalue weighted by Gasteiger charge is 2.43. The molecule has 0 bridgehead atoms. The van der Waals surface area contributed by atoms with Crippen LogP contribution in [0.1, 0.15) is 24.3 Å². The van der Waals surface area contributed by atoms with Gasteiger partial charge in [-0.25, -0.2) is 12.7 Å². The van der Waals surface area contributed by atoms with Gasteiger partial charge in [0.2, 0.25) is 15.9 Å². The molecule has 2 aliphatic rings. The second-order valence-electron chi connectivity index (χ2n) is 7.69. The molecule has 0 aromatic heterocycles. The molecule has 0 N–H and O–H groups in total. The van der Waals surface area contributed by atoms with E-state index in [9.17, 15) is 18.0 Å². The topological polar surface area (TPSA) is 93.2 Å². The fourth-order valence-electron chi connectivity index (χ4n) is 4.26. The Kier molecular flexibility index (Phi) is 6.48. The molecule has 1 aromatic carbocycles. The van der Waals surface area contributed by atoms with Crippen LogP contribution in [0.25, 0.3) is 0 Å². The Hall–Kier alpha value is -2.13. The second kappa shape index (κ2) is 8.71. The smallest absolute Gasteiger partial charge is 0.311 e. The first-order chi connectivity index (χ1) is 13.7. The summed E-state index contributed by atoms with van der Waals surface area (Å²) in [6.07, 6.45) is 2.19. The fraction of sp³-hybridized carbons (Fsp3) is 0.600. The number of benzene rings is 1. The lowest BCUT2D eigenvalue weighted by Crippen LogP contribution is -2.43. The summed E-state index contributed by atoms with van der Waals surface area (Å²) >= 11 is 0. The van der Waals surface area contributed by atoms with Crippen LogP contribution >= 0.6 is 0 Å². The number of piperidine rings is 1. The minimum atomic E-state index is -3.23. The molecule has 9 heteroatoms. The van der Waals surface area contributed by atoms with Crippen LogP contribution in [0.5, 0.6) is 5.75 Å². The molecule has 1 amide bonds. The van der Waals surface area contributed by atoms with E-state index in [0.29, 0.717) is 39.0 Å². The fourth-order valence-corrected chi connectivity index (χ4v) is 5.13. The maximum Gasteiger partial charge on any atom is 0.311 e. The maximum absolute atomic E-state index is 13.1. The molecule has 8 nitrogen and oxygen atoms in total. The largest absolute Gasteiger partial charge is 0.497 e. The van der Waals surface area contributed by atoms with Gasteiger partial charge in [-0.05, 0) is 30.5 Å². The summed E-state index contributed by atoms with van der Waals surface area (Å²) in [5.41, 5.74) is 0.961. The van der Waals surface area contributed by atoms with E-state index in [1.165, 1.54) is 17.7 Å². The van der Waals surface area contributed by atoms with Gasteiger partial charge in [0.05, 0.1) is 26.4 Å². The monoisotopic (exact) mass is 424 g/mol. The minimum Gasteiger partial charge on any atom is -0.497 e. The molecule has 2 atom stereocenters. The van der Waals surface area contributed by atoms with Gasteiger partial charge in [-0.1, -0.05) is 12.1 Å². The van der Waals surface area contributed by atoms with Crippen LogP contribution in [0, 0.1) is 11.8 Å². The highest BCUT2D eigenvalue weighted by atomic mass is 32.2. The molecule has 0 radical (unpaired) electrons. The molecule has 2 fully saturated rings. The molecule has 1 aromatic rings. The lowest BCUT2D eigenvalue weighted by atomic mass is 9.89. The van der Waals surface area contributed by atoms with Crippen LogP contribution in [0.3, 0.4) is 0 Å². The van der Waals surface area contributed by atoms with E-state index in [1.807, 2.05) is 24.3 Å². The summed E-state index contributed by atoms with van der Waals surface area (Å²) in [7, 11) is -0.277. The molecule has 0 spiro atoms. The molecular weight excluding hydrogens is 396 g/mol. The Bertz CT molecular complexity index is 846. The standard InChI is InChI=1S/C20H28N2O6S/c1-27-16-6-4-14(5-7-16)17-12-21(13-18(17)20(24)28-2)19(23)15-8-10-22(11-9-15)29(3,25)26/h4-7,15,17-18H,8-13H2,1-3H3/t17-,18+/m0/s1. The van der Waals surface area contributed by atoms with Crippen molar-refractivity contribution in [2.45, 2.75) is 18.8 Å². The van der Waals surface area contributed by atoms with Gasteiger partial charge in [-0.15, -0.1) is 0 Å². The Labute approximate surface area is 171 Å². The Morgan fingerprint density at radius 2 is 1.66 bits per heavy atom. The Balaban J connectivity index is 1.72. The van der Waals surface area contributed by atoms with E-state index < -0.39 is 15.9 Å². The number of sulfonamides is 1. The maximum atomic E-state index is 13.1. The summed E-state index contributed by atoms with van der Waals surface area (Å²) in [5, 5.41) is 0. The first-order valence-electron chi connectivity index (χ1n) is 9.70. The number of amides is 1. The van der Waals surface area contributed by atoms with Crippen molar-refractivity contribution in [1.82, 2.24) is 9.21 Å². The minimum absolute atomic E-state index is 0.0111. The molecule has 2 aliphatic heterocycles. The van der Waals surface area contributed by atoms with Gasteiger partial charge < -0.3 is 14.4 Å². The number of carbonyl (C=O) groups excluding carboxylic acids is 2. The lowest BCUT2D eigenvalue weighted by Gasteiger charge is -2.31. The normalized spacial score (nSPS) is 23.8. The molecular formula is C20H28N2O6S. The zero-order valence-corrected chi connectivity index (χ0v) is 17.9. The first-order valence-corrected chi connectivity index (χ1v) is 11.5. The Morgan fingerprint density at radius 3 is 2.17 bits per heavy atom. The van der Waals surface area contributed by atoms with Crippen molar-refractivity contribution < 1.29 is 27.5 Å². The van der Waals surface area contributed by atoms with Crippen molar-refractivity contribution in [3.8, 4) is 5.75 Å². The number of rotatable bonds is 5. The average molecular weight is 425 g/mol. The van der Waals surface area contributed by atoms with Crippen LogP contribution < -0.4 is 4.74 Å². The van der Waals surface area contributed by atoms with Crippen molar-refractivity contribution >= 4 is 21.9 Å². The third-order valence-electron chi connectivity index (χ3n) is 5.95. The number of likely N-dealkylation sites (tertiary alicyclic amines) is 1. The summed E-state index contributed by atoms with van der Waals surface area (Å²) in [5.74, 6) is -0.397. The van der Waals surface area contributed by atoms with E-state index in [1.54, 1.807) is 12.0 Å². The van der Waals surface area contributed by atoms with Gasteiger partial charge in [0.1, 0.15) is 5.75 Å². The second-order valence-corrected chi connectivity index (χ2v) is 9.67. The van der Waals surface area contributed by atoms with Crippen LogP contribution in [0.4, 0.5) is 0 Å². The number of nitrogens with zero attached hydrogens (tertiary/aromatic N) is 2. The van der Waals surface area contributed by atoms with E-state index in [-0.39, 0.29) is 23.7 Å². The van der Waals surface area contributed by atoms with Gasteiger partial charge in [-0.2, -0.15) is 0 Å². The van der Waals surface area contributed by atoms with Crippen LogP contribution in [-0.4, -0.2) is 76.2 Å². The van der Waals surface area contributed by atoms with E-state index >= 15 is 0 Å². The SMILES string of the molecule is COC(=O)[C@@H]1CN(C(=O)C2CCN(S(C)(=O)=O)CC2)C[C@H]1c1ccc(OC)cc1. The summed E-state index contributed by atoms with van der Waals surface area (Å²) < 4.78 is 35.0. The number of esters is 1. The summed E-state index contributed by atoms with van der Waals surface area (Å²) in [4.78, 5) is 27.2. The molecule has 29 heavy (non-hydrogen) atoms. The summed E-state index contributed by atoms with van der Waals surface area (Å²) in [6.45, 7) is 1.46. The number of carbonyl (C=O) groups is 2. The Morgan fingerprint density at radius 1 is 1.03 bits per heavy atom. The number of hydrogen-bond acceptors (Lipinski definition) is 6. The van der Waals surface area contributed by atoms with E-state index in [2.05, 4.69) is 0 Å². The van der Waals surface area contributed by atoms with Crippen LogP contribution in [0.2, 0.25) is 0 Å². The van der Waals surface area contributed by atoms with Gasteiger partial charge in [-0.3, -0.25) is 9.59 Å². The van der Waals surface area contributed by atoms with Crippen LogP contribution in [-0.2, 0) is 24.3 Å². The molecule has 3 rings (SSSR count). The molecule has 160 valence electrons. The van der Waals surface area contributed by atoms with Crippen molar-refractivity contribution in [3.05, 3.63) is 29.8 Å². The molecule has 2 heterocycles. The highest BCUT2D eigenvalue weighted by Crippen LogP contribution is 2.36. The number of methoxy groups -OCH3 is 2. The quantitative estimate of drug-likeness (QED) is 0.657. The average Bonchev–Trinajstić information content (AvgIpc) is 3.17. The molecule has 0 unspecified atom stereocenters. The van der Waals surface area contributed by atoms with Gasteiger partial charge in [0.15, 0.2) is 0 Å². The van der Waals surface area contributed by atoms with Crippen molar-refractivity contribution in [3.63, 3.8) is 0 Å². The third-order valence-corrected chi connectivity index (χ3v) is 7.25. The zero-order valence-electron chi connectivity index (χ0n) is 17.0. The van der Waals surface area contributed by atoms with Crippen LogP contribution in [0.15, 0.2) is 24.3 Å². The van der Waals surface area contributed by atoms with E-state index in [0.717, 1.165) is 11.3 Å². The first kappa shape index (κ1) is 21.6. The predicted molar refractivity (Wildman–Crippen MR) is 107 cm³/mol. The third kappa shape index (κ3) is 4.72. The highest BCUT2D eigenvalue weighted by molar-refractivity contribution is 7.88. The zero-order chi connectivity index (χ0) is 21.2. The van der Waals surface area contributed by atoms with Gasteiger partial charge >= 0.3 is 5.97 Å². The molecule has 0 aliphatic carbocycles. The van der Waals surface area contributed by atoms with Crippen molar-refractivity contribution in [2.24, 2.45) is 11.8 Å². The van der Waals surface area contributed by atoms with Gasteiger partial charge in [0, 0.05) is 38.0 Å². The van der Waals surface area contributed by atoms with E-state index in [4.69, 9.17) is 9.47 Å². The van der Waals surface area contributed by atoms with Crippen molar-refractivity contribution in [1.29, 1.82) is 0 Å². The number of ether oxygens (including phenoxy) is 2. The van der Waals surface area contributed by atoms with Gasteiger partial charge in [0.25, 0.3) is 0 Å². The summed E-state index contributed by atoms with van der Waals surface area (Å²) in [6, 6.07) is 7.51.